The molecule has 0 saturated heterocycles. The summed E-state index contributed by atoms with van der Waals surface area (Å²) in [4.78, 5) is 73.0. The summed E-state index contributed by atoms with van der Waals surface area (Å²) in [6.45, 7) is 11.9. The van der Waals surface area contributed by atoms with E-state index in [1.165, 1.54) is 225 Å². The molecule has 0 spiro atoms. The fourth-order valence-electron chi connectivity index (χ4n) is 12.5. The zero-order valence-corrected chi connectivity index (χ0v) is 67.5. The third kappa shape index (κ3) is 73.0. The average Bonchev–Trinajstić information content (AvgIpc) is 0.944. The Morgan fingerprint density at radius 3 is 0.760 bits per heavy atom. The highest BCUT2D eigenvalue weighted by atomic mass is 31.2. The number of carbonyl (C=O) groups excluding carboxylic acids is 4. The predicted octanol–water partition coefficient (Wildman–Crippen LogP) is 24.1. The molecule has 0 aliphatic rings. The van der Waals surface area contributed by atoms with E-state index in [0.717, 1.165) is 108 Å². The van der Waals surface area contributed by atoms with Gasteiger partial charge in [0.2, 0.25) is 0 Å². The second kappa shape index (κ2) is 71.3. The minimum absolute atomic E-state index is 0.104. The average molecular weight is 1470 g/mol. The van der Waals surface area contributed by atoms with Crippen LogP contribution in [-0.4, -0.2) is 96.7 Å². The van der Waals surface area contributed by atoms with Crippen LogP contribution in [0.5, 0.6) is 0 Å². The first-order valence-electron chi connectivity index (χ1n) is 41.9. The maximum Gasteiger partial charge on any atom is 0.472 e. The lowest BCUT2D eigenvalue weighted by Gasteiger charge is -2.21. The van der Waals surface area contributed by atoms with Crippen LogP contribution in [0.4, 0.5) is 0 Å². The van der Waals surface area contributed by atoms with Crippen molar-refractivity contribution in [2.45, 2.75) is 439 Å². The van der Waals surface area contributed by atoms with Gasteiger partial charge >= 0.3 is 39.5 Å². The Balaban J connectivity index is 5.23. The van der Waals surface area contributed by atoms with Gasteiger partial charge in [-0.25, -0.2) is 9.13 Å². The fourth-order valence-corrected chi connectivity index (χ4v) is 14.0. The van der Waals surface area contributed by atoms with E-state index in [1.54, 1.807) is 0 Å². The maximum absolute atomic E-state index is 13.1. The third-order valence-corrected chi connectivity index (χ3v) is 21.1. The lowest BCUT2D eigenvalue weighted by molar-refractivity contribution is -0.161. The number of phosphoric acid groups is 2. The van der Waals surface area contributed by atoms with Crippen LogP contribution in [0.15, 0.2) is 0 Å². The third-order valence-electron chi connectivity index (χ3n) is 19.2. The smallest absolute Gasteiger partial charge is 0.462 e. The molecule has 0 radical (unpaired) electrons. The van der Waals surface area contributed by atoms with E-state index in [9.17, 15) is 43.2 Å². The fraction of sp³-hybridized carbons (Fsp3) is 0.951. The normalized spacial score (nSPS) is 14.2. The highest BCUT2D eigenvalue weighted by Gasteiger charge is 2.30. The van der Waals surface area contributed by atoms with Crippen molar-refractivity contribution < 1.29 is 80.2 Å². The number of aliphatic hydroxyl groups is 1. The van der Waals surface area contributed by atoms with Gasteiger partial charge in [0.1, 0.15) is 19.3 Å². The number of aliphatic hydroxyl groups excluding tert-OH is 1. The van der Waals surface area contributed by atoms with Crippen LogP contribution in [0, 0.1) is 17.8 Å². The number of esters is 4. The van der Waals surface area contributed by atoms with Gasteiger partial charge in [0, 0.05) is 25.7 Å². The second-order valence-corrected chi connectivity index (χ2v) is 33.3. The van der Waals surface area contributed by atoms with Crippen molar-refractivity contribution in [3.63, 3.8) is 0 Å². The first-order chi connectivity index (χ1) is 48.3. The molecule has 0 aromatic carbocycles. The number of unbranched alkanes of at least 4 members (excludes halogenated alkanes) is 46. The minimum atomic E-state index is -4.96. The molecule has 6 atom stereocenters. The van der Waals surface area contributed by atoms with Gasteiger partial charge in [-0.2, -0.15) is 0 Å². The number of hydrogen-bond donors (Lipinski definition) is 3. The molecule has 0 bridgehead atoms. The summed E-state index contributed by atoms with van der Waals surface area (Å²) < 4.78 is 68.7. The minimum Gasteiger partial charge on any atom is -0.462 e. The lowest BCUT2D eigenvalue weighted by Crippen LogP contribution is -2.30. The molecule has 0 saturated carbocycles. The van der Waals surface area contributed by atoms with Crippen molar-refractivity contribution in [1.82, 2.24) is 0 Å². The van der Waals surface area contributed by atoms with Crippen LogP contribution in [0.1, 0.15) is 421 Å². The van der Waals surface area contributed by atoms with Gasteiger partial charge in [-0.15, -0.1) is 0 Å². The van der Waals surface area contributed by atoms with E-state index in [2.05, 4.69) is 48.5 Å². The van der Waals surface area contributed by atoms with E-state index in [4.69, 9.17) is 37.0 Å². The molecule has 0 aromatic heterocycles. The second-order valence-electron chi connectivity index (χ2n) is 30.4. The zero-order valence-electron chi connectivity index (χ0n) is 65.7. The highest BCUT2D eigenvalue weighted by molar-refractivity contribution is 7.47. The van der Waals surface area contributed by atoms with Crippen LogP contribution in [0.3, 0.4) is 0 Å². The molecule has 100 heavy (non-hydrogen) atoms. The Morgan fingerprint density at radius 1 is 0.290 bits per heavy atom. The topological polar surface area (TPSA) is 237 Å². The maximum atomic E-state index is 13.1. The summed E-state index contributed by atoms with van der Waals surface area (Å²) in [6, 6.07) is 0. The van der Waals surface area contributed by atoms with E-state index in [0.29, 0.717) is 31.6 Å². The molecule has 594 valence electrons. The molecule has 0 aliphatic heterocycles. The Labute approximate surface area is 613 Å². The number of ether oxygens (including phenoxy) is 4. The van der Waals surface area contributed by atoms with Crippen LogP contribution in [-0.2, 0) is 65.4 Å². The highest BCUT2D eigenvalue weighted by Crippen LogP contribution is 2.45. The van der Waals surface area contributed by atoms with Gasteiger partial charge in [0.15, 0.2) is 12.2 Å². The summed E-state index contributed by atoms with van der Waals surface area (Å²) >= 11 is 0. The summed E-state index contributed by atoms with van der Waals surface area (Å²) in [7, 11) is -9.92. The quantitative estimate of drug-likeness (QED) is 0.0222. The Morgan fingerprint density at radius 2 is 0.510 bits per heavy atom. The lowest BCUT2D eigenvalue weighted by atomic mass is 9.99. The van der Waals surface area contributed by atoms with Gasteiger partial charge in [0.05, 0.1) is 26.4 Å². The summed E-state index contributed by atoms with van der Waals surface area (Å²) in [6.07, 6.45) is 59.8. The van der Waals surface area contributed by atoms with Crippen molar-refractivity contribution >= 4 is 39.5 Å². The van der Waals surface area contributed by atoms with Gasteiger partial charge in [-0.05, 0) is 43.4 Å². The van der Waals surface area contributed by atoms with Crippen molar-refractivity contribution in [3.8, 4) is 0 Å². The monoisotopic (exact) mass is 1470 g/mol. The van der Waals surface area contributed by atoms with Gasteiger partial charge in [0.25, 0.3) is 0 Å². The van der Waals surface area contributed by atoms with E-state index >= 15 is 0 Å². The molecule has 0 fully saturated rings. The summed E-state index contributed by atoms with van der Waals surface area (Å²) in [5, 5.41) is 10.6. The van der Waals surface area contributed by atoms with Crippen molar-refractivity contribution in [3.05, 3.63) is 0 Å². The molecule has 0 amide bonds. The van der Waals surface area contributed by atoms with Crippen LogP contribution >= 0.6 is 15.6 Å². The predicted molar refractivity (Wildman–Crippen MR) is 409 cm³/mol. The largest absolute Gasteiger partial charge is 0.472 e. The molecule has 0 aliphatic carbocycles. The first-order valence-corrected chi connectivity index (χ1v) is 44.9. The van der Waals surface area contributed by atoms with Gasteiger partial charge in [-0.3, -0.25) is 37.3 Å². The van der Waals surface area contributed by atoms with Crippen molar-refractivity contribution in [2.24, 2.45) is 17.8 Å². The molecule has 3 N–H and O–H groups in total. The summed E-state index contributed by atoms with van der Waals surface area (Å²) in [5.41, 5.74) is 0. The molecular formula is C81H158O17P2. The number of hydrogen-bond acceptors (Lipinski definition) is 15. The van der Waals surface area contributed by atoms with Gasteiger partial charge in [-0.1, -0.05) is 370 Å². The van der Waals surface area contributed by atoms with Crippen molar-refractivity contribution in [1.29, 1.82) is 0 Å². The van der Waals surface area contributed by atoms with Crippen LogP contribution < -0.4 is 0 Å². The standard InChI is InChI=1S/C81H158O17P2/c1-8-10-11-12-13-14-15-16-17-18-19-20-21-24-28-31-34-42-50-57-64-80(85)97-76(68-91-78(83)62-55-48-41-33-30-27-25-22-23-26-29-32-38-45-52-59-72(3)4)70-95-99(87,88)93-66-75(82)67-94-100(89,90)96-71-77(69-92-79(84)63-56-49-44-37-39-46-53-60-73(5)6)98-81(86)65-58-51-43-36-35-40-47-54-61-74(7)9-2/h72-77,82H,8-71H2,1-7H3,(H,87,88)(H,89,90)/t74?,75-,76-,77-/m1/s1. The van der Waals surface area contributed by atoms with Crippen molar-refractivity contribution in [2.75, 3.05) is 39.6 Å². The Hall–Kier alpha value is -1.94. The van der Waals surface area contributed by atoms with E-state index in [-0.39, 0.29) is 25.7 Å². The molecule has 0 heterocycles. The molecule has 19 heteroatoms. The zero-order chi connectivity index (χ0) is 73.7. The first kappa shape index (κ1) is 98.1. The molecular weight excluding hydrogens is 1310 g/mol. The summed E-state index contributed by atoms with van der Waals surface area (Å²) in [5.74, 6) is 0.166. The number of rotatable bonds is 79. The Bertz CT molecular complexity index is 1940. The van der Waals surface area contributed by atoms with Gasteiger partial charge < -0.3 is 33.8 Å². The number of phosphoric ester groups is 2. The SMILES string of the molecule is CCCCCCCCCCCCCCCCCCCCCCC(=O)O[C@H](COC(=O)CCCCCCCCCCCCCCCCCC(C)C)COP(=O)(O)OC[C@@H](O)COP(=O)(O)OC[C@@H](COC(=O)CCCCCCCCCC(C)C)OC(=O)CCCCCCCCCCC(C)CC. The van der Waals surface area contributed by atoms with E-state index < -0.39 is 97.5 Å². The van der Waals surface area contributed by atoms with Crippen LogP contribution in [0.2, 0.25) is 0 Å². The van der Waals surface area contributed by atoms with Crippen LogP contribution in [0.25, 0.3) is 0 Å². The number of carbonyl (C=O) groups is 4. The molecule has 17 nitrogen and oxygen atoms in total. The molecule has 3 unspecified atom stereocenters. The van der Waals surface area contributed by atoms with E-state index in [1.807, 2.05) is 0 Å². The molecule has 0 rings (SSSR count). The molecule has 0 aromatic rings. The Kier molecular flexibility index (Phi) is 69.9.